The van der Waals surface area contributed by atoms with Gasteiger partial charge in [0.05, 0.1) is 0 Å². The molecule has 0 aromatic heterocycles. The lowest BCUT2D eigenvalue weighted by Gasteiger charge is -2.25. The van der Waals surface area contributed by atoms with Crippen molar-refractivity contribution in [1.82, 2.24) is 9.03 Å². The van der Waals surface area contributed by atoms with Crippen LogP contribution in [0.4, 0.5) is 0 Å². The third kappa shape index (κ3) is 4.80. The zero-order valence-electron chi connectivity index (χ0n) is 9.83. The molecule has 0 aliphatic carbocycles. The minimum absolute atomic E-state index is 0.0596. The van der Waals surface area contributed by atoms with E-state index in [1.165, 1.54) is 4.31 Å². The minimum Gasteiger partial charge on any atom is -0.198 e. The number of alkyl halides is 1. The van der Waals surface area contributed by atoms with E-state index in [4.69, 9.17) is 0 Å². The molecule has 0 heterocycles. The number of hydrogen-bond donors (Lipinski definition) is 1. The fourth-order valence-electron chi connectivity index (χ4n) is 1.18. The van der Waals surface area contributed by atoms with E-state index >= 15 is 0 Å². The van der Waals surface area contributed by atoms with Gasteiger partial charge in [0, 0.05) is 24.5 Å². The van der Waals surface area contributed by atoms with Crippen LogP contribution in [0.15, 0.2) is 0 Å². The van der Waals surface area contributed by atoms with Gasteiger partial charge in [-0.05, 0) is 5.92 Å². The van der Waals surface area contributed by atoms with Crippen molar-refractivity contribution in [3.63, 3.8) is 0 Å². The van der Waals surface area contributed by atoms with Gasteiger partial charge in [-0.15, -0.1) is 0 Å². The summed E-state index contributed by atoms with van der Waals surface area (Å²) in [5.41, 5.74) is 0. The van der Waals surface area contributed by atoms with E-state index in [9.17, 15) is 8.42 Å². The van der Waals surface area contributed by atoms with Crippen molar-refractivity contribution < 1.29 is 8.42 Å². The Morgan fingerprint density at radius 1 is 1.27 bits per heavy atom. The van der Waals surface area contributed by atoms with Crippen molar-refractivity contribution in [2.75, 3.05) is 18.4 Å². The van der Waals surface area contributed by atoms with Crippen LogP contribution in [0.3, 0.4) is 0 Å². The summed E-state index contributed by atoms with van der Waals surface area (Å²) in [5.74, 6) is 0.273. The zero-order chi connectivity index (χ0) is 12.1. The van der Waals surface area contributed by atoms with Gasteiger partial charge in [0.1, 0.15) is 0 Å². The van der Waals surface area contributed by atoms with Crippen molar-refractivity contribution in [3.8, 4) is 0 Å². The van der Waals surface area contributed by atoms with Gasteiger partial charge < -0.3 is 0 Å². The average molecular weight is 301 g/mol. The maximum absolute atomic E-state index is 11.9. The van der Waals surface area contributed by atoms with Crippen LogP contribution in [0.2, 0.25) is 0 Å². The van der Waals surface area contributed by atoms with Gasteiger partial charge in [-0.2, -0.15) is 17.4 Å². The fourth-order valence-corrected chi connectivity index (χ4v) is 3.87. The molecule has 15 heavy (non-hydrogen) atoms. The predicted molar refractivity (Wildman–Crippen MR) is 67.4 cm³/mol. The van der Waals surface area contributed by atoms with Gasteiger partial charge in [-0.1, -0.05) is 43.6 Å². The molecule has 0 fully saturated rings. The lowest BCUT2D eigenvalue weighted by Crippen LogP contribution is -2.47. The highest BCUT2D eigenvalue weighted by atomic mass is 79.9. The standard InChI is InChI=1S/C9H21BrN2O2S/c1-5-12(6-2)15(13,14)11-9(7-10)8(3)4/h8-9,11H,5-7H2,1-4H3. The Morgan fingerprint density at radius 2 is 1.73 bits per heavy atom. The van der Waals surface area contributed by atoms with Crippen LogP contribution >= 0.6 is 15.9 Å². The number of rotatable bonds is 7. The Bertz CT molecular complexity index is 263. The highest BCUT2D eigenvalue weighted by Gasteiger charge is 2.23. The molecule has 0 rings (SSSR count). The molecule has 92 valence electrons. The molecule has 0 bridgehead atoms. The average Bonchev–Trinajstić information content (AvgIpc) is 2.15. The second-order valence-corrected chi connectivity index (χ2v) is 6.06. The van der Waals surface area contributed by atoms with Crippen LogP contribution in [0.1, 0.15) is 27.7 Å². The van der Waals surface area contributed by atoms with E-state index in [1.54, 1.807) is 0 Å². The van der Waals surface area contributed by atoms with Gasteiger partial charge in [0.2, 0.25) is 0 Å². The van der Waals surface area contributed by atoms with Gasteiger partial charge in [0.15, 0.2) is 0 Å². The van der Waals surface area contributed by atoms with Crippen molar-refractivity contribution in [3.05, 3.63) is 0 Å². The normalized spacial score (nSPS) is 14.9. The lowest BCUT2D eigenvalue weighted by molar-refractivity contribution is 0.411. The molecule has 0 saturated carbocycles. The molecular weight excluding hydrogens is 280 g/mol. The van der Waals surface area contributed by atoms with Crippen LogP contribution in [-0.2, 0) is 10.2 Å². The fraction of sp³-hybridized carbons (Fsp3) is 1.00. The molecule has 0 saturated heterocycles. The monoisotopic (exact) mass is 300 g/mol. The molecule has 0 aliphatic heterocycles. The minimum atomic E-state index is -3.33. The summed E-state index contributed by atoms with van der Waals surface area (Å²) < 4.78 is 27.8. The summed E-state index contributed by atoms with van der Waals surface area (Å²) in [6.07, 6.45) is 0. The van der Waals surface area contributed by atoms with Crippen LogP contribution in [-0.4, -0.2) is 37.2 Å². The van der Waals surface area contributed by atoms with Gasteiger partial charge in [-0.25, -0.2) is 0 Å². The van der Waals surface area contributed by atoms with Crippen molar-refractivity contribution >= 4 is 26.1 Å². The molecule has 0 amide bonds. The van der Waals surface area contributed by atoms with Crippen molar-refractivity contribution in [2.24, 2.45) is 5.92 Å². The van der Waals surface area contributed by atoms with Crippen molar-refractivity contribution in [2.45, 2.75) is 33.7 Å². The highest BCUT2D eigenvalue weighted by Crippen LogP contribution is 2.08. The molecule has 4 nitrogen and oxygen atoms in total. The van der Waals surface area contributed by atoms with Crippen molar-refractivity contribution in [1.29, 1.82) is 0 Å². The quantitative estimate of drug-likeness (QED) is 0.726. The van der Waals surface area contributed by atoms with E-state index in [-0.39, 0.29) is 12.0 Å². The SMILES string of the molecule is CCN(CC)S(=O)(=O)NC(CBr)C(C)C. The molecular formula is C9H21BrN2O2S. The van der Waals surface area contributed by atoms with E-state index in [0.29, 0.717) is 18.4 Å². The Morgan fingerprint density at radius 3 is 2.00 bits per heavy atom. The topological polar surface area (TPSA) is 49.4 Å². The Kier molecular flexibility index (Phi) is 6.99. The molecule has 0 spiro atoms. The predicted octanol–water partition coefficient (Wildman–Crippen LogP) is 1.58. The molecule has 1 atom stereocenters. The van der Waals surface area contributed by atoms with Crippen LogP contribution < -0.4 is 4.72 Å². The Hall–Kier alpha value is 0.350. The third-order valence-electron chi connectivity index (χ3n) is 2.32. The summed E-state index contributed by atoms with van der Waals surface area (Å²) in [5, 5.41) is 0.630. The molecule has 1 unspecified atom stereocenters. The molecule has 0 aliphatic rings. The van der Waals surface area contributed by atoms with E-state index in [2.05, 4.69) is 20.7 Å². The first-order chi connectivity index (χ1) is 6.88. The molecule has 0 radical (unpaired) electrons. The second kappa shape index (κ2) is 6.83. The molecule has 0 aromatic rings. The second-order valence-electron chi connectivity index (χ2n) is 3.71. The lowest BCUT2D eigenvalue weighted by atomic mass is 10.1. The number of nitrogens with zero attached hydrogens (tertiary/aromatic N) is 1. The number of halogens is 1. The number of nitrogens with one attached hydrogen (secondary N) is 1. The van der Waals surface area contributed by atoms with Gasteiger partial charge >= 0.3 is 0 Å². The summed E-state index contributed by atoms with van der Waals surface area (Å²) in [6, 6.07) is -0.0596. The Balaban J connectivity index is 4.61. The smallest absolute Gasteiger partial charge is 0.198 e. The number of hydrogen-bond acceptors (Lipinski definition) is 2. The van der Waals surface area contributed by atoms with Crippen LogP contribution in [0.25, 0.3) is 0 Å². The van der Waals surface area contributed by atoms with Crippen LogP contribution in [0, 0.1) is 5.92 Å². The summed E-state index contributed by atoms with van der Waals surface area (Å²) >= 11 is 3.32. The first-order valence-corrected chi connectivity index (χ1v) is 7.78. The van der Waals surface area contributed by atoms with E-state index in [0.717, 1.165) is 0 Å². The molecule has 1 N–H and O–H groups in total. The maximum atomic E-state index is 11.9. The first-order valence-electron chi connectivity index (χ1n) is 5.22. The summed E-state index contributed by atoms with van der Waals surface area (Å²) in [7, 11) is -3.33. The molecule has 6 heteroatoms. The van der Waals surface area contributed by atoms with Crippen LogP contribution in [0.5, 0.6) is 0 Å². The first kappa shape index (κ1) is 15.3. The largest absolute Gasteiger partial charge is 0.279 e. The summed E-state index contributed by atoms with van der Waals surface area (Å²) in [6.45, 7) is 8.66. The van der Waals surface area contributed by atoms with E-state index in [1.807, 2.05) is 27.7 Å². The van der Waals surface area contributed by atoms with Gasteiger partial charge in [-0.3, -0.25) is 0 Å². The summed E-state index contributed by atoms with van der Waals surface area (Å²) in [4.78, 5) is 0. The van der Waals surface area contributed by atoms with E-state index < -0.39 is 10.2 Å². The molecule has 0 aromatic carbocycles. The highest BCUT2D eigenvalue weighted by molar-refractivity contribution is 9.09. The Labute approximate surface area is 102 Å². The zero-order valence-corrected chi connectivity index (χ0v) is 12.2. The third-order valence-corrected chi connectivity index (χ3v) is 4.81. The van der Waals surface area contributed by atoms with Gasteiger partial charge in [0.25, 0.3) is 10.2 Å². The maximum Gasteiger partial charge on any atom is 0.279 e.